The van der Waals surface area contributed by atoms with Gasteiger partial charge < -0.3 is 15.1 Å². The molecule has 0 unspecified atom stereocenters. The van der Waals surface area contributed by atoms with E-state index < -0.39 is 11.9 Å². The average Bonchev–Trinajstić information content (AvgIpc) is 3.04. The molecule has 2 aliphatic heterocycles. The molecule has 2 aromatic rings. The Hall–Kier alpha value is -2.94. The summed E-state index contributed by atoms with van der Waals surface area (Å²) in [7, 11) is 2.13. The summed E-state index contributed by atoms with van der Waals surface area (Å²) in [4.78, 5) is 32.3. The summed E-state index contributed by atoms with van der Waals surface area (Å²) in [6, 6.07) is 1.43. The van der Waals surface area contributed by atoms with Gasteiger partial charge >= 0.3 is 6.03 Å². The molecule has 4 rings (SSSR count). The first-order valence-corrected chi connectivity index (χ1v) is 8.22. The summed E-state index contributed by atoms with van der Waals surface area (Å²) in [5.74, 6) is 0.443. The molecular formula is C16H19N7O2. The first-order chi connectivity index (χ1) is 12.1. The van der Waals surface area contributed by atoms with Crippen LogP contribution in [0.4, 0.5) is 10.6 Å². The van der Waals surface area contributed by atoms with E-state index in [1.165, 1.54) is 0 Å². The molecule has 0 aliphatic carbocycles. The molecule has 25 heavy (non-hydrogen) atoms. The second-order valence-corrected chi connectivity index (χ2v) is 6.26. The first-order valence-electron chi connectivity index (χ1n) is 8.22. The fourth-order valence-electron chi connectivity index (χ4n) is 3.07. The van der Waals surface area contributed by atoms with Gasteiger partial charge in [0.2, 0.25) is 0 Å². The Kier molecular flexibility index (Phi) is 3.85. The van der Waals surface area contributed by atoms with Crippen LogP contribution in [0.15, 0.2) is 24.2 Å². The van der Waals surface area contributed by atoms with Crippen molar-refractivity contribution in [1.82, 2.24) is 30.1 Å². The molecule has 2 fully saturated rings. The van der Waals surface area contributed by atoms with Crippen LogP contribution in [0.2, 0.25) is 0 Å². The molecule has 2 aromatic heterocycles. The largest absolute Gasteiger partial charge is 0.355 e. The third-order valence-corrected chi connectivity index (χ3v) is 4.44. The number of likely N-dealkylation sites (N-methyl/N-ethyl adjacent to an activating group) is 1. The number of hydrogen-bond donors (Lipinski definition) is 2. The molecule has 0 aromatic carbocycles. The molecule has 0 bridgehead atoms. The molecule has 0 spiro atoms. The summed E-state index contributed by atoms with van der Waals surface area (Å²) in [5.41, 5.74) is 1.53. The molecule has 2 N–H and O–H groups in total. The van der Waals surface area contributed by atoms with E-state index in [-0.39, 0.29) is 5.70 Å². The minimum Gasteiger partial charge on any atom is -0.355 e. The lowest BCUT2D eigenvalue weighted by Crippen LogP contribution is -2.29. The van der Waals surface area contributed by atoms with Gasteiger partial charge in [-0.1, -0.05) is 0 Å². The van der Waals surface area contributed by atoms with E-state index in [4.69, 9.17) is 4.98 Å². The molecule has 2 saturated heterocycles. The Morgan fingerprint density at radius 1 is 1.16 bits per heavy atom. The zero-order valence-corrected chi connectivity index (χ0v) is 13.9. The molecule has 9 heteroatoms. The van der Waals surface area contributed by atoms with Gasteiger partial charge in [0, 0.05) is 31.4 Å². The minimum atomic E-state index is -0.518. The van der Waals surface area contributed by atoms with Gasteiger partial charge in [-0.15, -0.1) is 0 Å². The predicted molar refractivity (Wildman–Crippen MR) is 92.0 cm³/mol. The molecule has 0 radical (unpaired) electrons. The van der Waals surface area contributed by atoms with Gasteiger partial charge in [-0.25, -0.2) is 14.3 Å². The quantitative estimate of drug-likeness (QED) is 0.592. The highest BCUT2D eigenvalue weighted by Crippen LogP contribution is 2.18. The third-order valence-electron chi connectivity index (χ3n) is 4.44. The van der Waals surface area contributed by atoms with E-state index in [1.54, 1.807) is 16.8 Å². The summed E-state index contributed by atoms with van der Waals surface area (Å²) in [6.45, 7) is 3.95. The monoisotopic (exact) mass is 341 g/mol. The summed E-state index contributed by atoms with van der Waals surface area (Å²) >= 11 is 0. The van der Waals surface area contributed by atoms with Crippen molar-refractivity contribution in [3.05, 3.63) is 29.7 Å². The van der Waals surface area contributed by atoms with Gasteiger partial charge in [-0.2, -0.15) is 5.10 Å². The number of hydrogen-bond acceptors (Lipinski definition) is 6. The number of aromatic nitrogens is 3. The number of carbonyl (C=O) groups is 2. The Balaban J connectivity index is 1.67. The number of urea groups is 1. The average molecular weight is 341 g/mol. The second-order valence-electron chi connectivity index (χ2n) is 6.26. The number of rotatable bonds is 2. The molecule has 130 valence electrons. The van der Waals surface area contributed by atoms with Crippen molar-refractivity contribution < 1.29 is 9.59 Å². The van der Waals surface area contributed by atoms with E-state index in [9.17, 15) is 9.59 Å². The highest BCUT2D eigenvalue weighted by atomic mass is 16.2. The van der Waals surface area contributed by atoms with Crippen molar-refractivity contribution in [3.63, 3.8) is 0 Å². The molecule has 0 atom stereocenters. The highest BCUT2D eigenvalue weighted by Gasteiger charge is 2.23. The number of carbonyl (C=O) groups excluding carboxylic acids is 2. The lowest BCUT2D eigenvalue weighted by Gasteiger charge is -2.21. The van der Waals surface area contributed by atoms with E-state index >= 15 is 0 Å². The van der Waals surface area contributed by atoms with Gasteiger partial charge in [-0.05, 0) is 32.2 Å². The minimum absolute atomic E-state index is 0.198. The molecule has 0 saturated carbocycles. The summed E-state index contributed by atoms with van der Waals surface area (Å²) in [6.07, 6.45) is 6.18. The van der Waals surface area contributed by atoms with E-state index in [0.717, 1.165) is 38.4 Å². The normalized spacial score (nSPS) is 20.8. The van der Waals surface area contributed by atoms with E-state index in [2.05, 4.69) is 32.6 Å². The molecule has 3 amide bonds. The van der Waals surface area contributed by atoms with Crippen LogP contribution in [-0.4, -0.2) is 64.7 Å². The smallest absolute Gasteiger partial charge is 0.326 e. The standard InChI is InChI=1S/C16H19N7O2/c1-21-4-2-5-22(8-7-21)13-3-6-23-14(19-13)11(10-17-23)9-12-15(24)20-16(25)18-12/h3,6,9-10H,2,4-5,7-8H2,1H3,(H2,18,20,24,25)/b12-9-. The fourth-order valence-corrected chi connectivity index (χ4v) is 3.07. The number of anilines is 1. The van der Waals surface area contributed by atoms with Crippen molar-refractivity contribution >= 4 is 29.5 Å². The van der Waals surface area contributed by atoms with Crippen molar-refractivity contribution in [2.45, 2.75) is 6.42 Å². The number of nitrogens with zero attached hydrogens (tertiary/aromatic N) is 5. The van der Waals surface area contributed by atoms with Crippen molar-refractivity contribution in [2.24, 2.45) is 0 Å². The van der Waals surface area contributed by atoms with Crippen LogP contribution in [0, 0.1) is 0 Å². The van der Waals surface area contributed by atoms with E-state index in [1.807, 2.05) is 12.3 Å². The topological polar surface area (TPSA) is 94.9 Å². The third kappa shape index (κ3) is 3.05. The van der Waals surface area contributed by atoms with Crippen molar-refractivity contribution in [3.8, 4) is 0 Å². The lowest BCUT2D eigenvalue weighted by molar-refractivity contribution is -0.115. The highest BCUT2D eigenvalue weighted by molar-refractivity contribution is 6.14. The Labute approximate surface area is 144 Å². The van der Waals surface area contributed by atoms with Gasteiger partial charge in [0.15, 0.2) is 5.65 Å². The van der Waals surface area contributed by atoms with Gasteiger partial charge in [-0.3, -0.25) is 10.1 Å². The molecule has 9 nitrogen and oxygen atoms in total. The Morgan fingerprint density at radius 3 is 2.84 bits per heavy atom. The maximum absolute atomic E-state index is 11.7. The van der Waals surface area contributed by atoms with Crippen molar-refractivity contribution in [1.29, 1.82) is 0 Å². The van der Waals surface area contributed by atoms with Crippen LogP contribution < -0.4 is 15.5 Å². The summed E-state index contributed by atoms with van der Waals surface area (Å²) < 4.78 is 1.66. The van der Waals surface area contributed by atoms with Gasteiger partial charge in [0.1, 0.15) is 11.5 Å². The lowest BCUT2D eigenvalue weighted by atomic mass is 10.2. The van der Waals surface area contributed by atoms with Crippen molar-refractivity contribution in [2.75, 3.05) is 38.1 Å². The molecular weight excluding hydrogens is 322 g/mol. The van der Waals surface area contributed by atoms with Crippen LogP contribution in [0.1, 0.15) is 12.0 Å². The number of imide groups is 1. The van der Waals surface area contributed by atoms with Crippen LogP contribution >= 0.6 is 0 Å². The maximum Gasteiger partial charge on any atom is 0.326 e. The second kappa shape index (κ2) is 6.17. The fraction of sp³-hybridized carbons (Fsp3) is 0.375. The first kappa shape index (κ1) is 15.6. The van der Waals surface area contributed by atoms with Gasteiger partial charge in [0.05, 0.1) is 6.20 Å². The van der Waals surface area contributed by atoms with Crippen LogP contribution in [0.25, 0.3) is 11.7 Å². The van der Waals surface area contributed by atoms with E-state index in [0.29, 0.717) is 11.2 Å². The number of fused-ring (bicyclic) bond motifs is 1. The zero-order valence-electron chi connectivity index (χ0n) is 13.9. The molecule has 4 heterocycles. The SMILES string of the molecule is CN1CCCN(c2ccn3ncc(/C=C4\NC(=O)NC4=O)c3n2)CC1. The van der Waals surface area contributed by atoms with Crippen LogP contribution in [0.5, 0.6) is 0 Å². The number of nitrogens with one attached hydrogen (secondary N) is 2. The predicted octanol–water partition coefficient (Wildman–Crippen LogP) is 0.0515. The van der Waals surface area contributed by atoms with Gasteiger partial charge in [0.25, 0.3) is 5.91 Å². The zero-order chi connectivity index (χ0) is 17.4. The Bertz CT molecular complexity index is 872. The molecule has 2 aliphatic rings. The number of amides is 3. The maximum atomic E-state index is 11.7. The summed E-state index contributed by atoms with van der Waals surface area (Å²) in [5, 5.41) is 8.92. The Morgan fingerprint density at radius 2 is 2.04 bits per heavy atom. The van der Waals surface area contributed by atoms with Crippen LogP contribution in [0.3, 0.4) is 0 Å². The van der Waals surface area contributed by atoms with Crippen LogP contribution in [-0.2, 0) is 4.79 Å².